The normalized spacial score (nSPS) is 21.2. The van der Waals surface area contributed by atoms with Crippen molar-refractivity contribution < 1.29 is 14.3 Å². The smallest absolute Gasteiger partial charge is 0.303 e. The van der Waals surface area contributed by atoms with Crippen LogP contribution in [-0.4, -0.2) is 28.6 Å². The Morgan fingerprint density at radius 2 is 2.29 bits per heavy atom. The number of halogens is 2. The molecule has 0 aromatic heterocycles. The molecular formula is C16H21BrFNO2. The van der Waals surface area contributed by atoms with Crippen LogP contribution in [0.25, 0.3) is 0 Å². The van der Waals surface area contributed by atoms with Crippen LogP contribution in [0.2, 0.25) is 0 Å². The molecule has 1 aromatic carbocycles. The van der Waals surface area contributed by atoms with E-state index < -0.39 is 5.97 Å². The third-order valence-electron chi connectivity index (χ3n) is 4.29. The summed E-state index contributed by atoms with van der Waals surface area (Å²) in [6.45, 7) is 3.08. The molecule has 0 spiro atoms. The van der Waals surface area contributed by atoms with Crippen LogP contribution in [-0.2, 0) is 4.79 Å². The molecule has 1 aliphatic heterocycles. The van der Waals surface area contributed by atoms with Gasteiger partial charge >= 0.3 is 5.97 Å². The predicted molar refractivity (Wildman–Crippen MR) is 83.7 cm³/mol. The minimum atomic E-state index is -0.738. The summed E-state index contributed by atoms with van der Waals surface area (Å²) < 4.78 is 13.8. The minimum absolute atomic E-state index is 0.168. The van der Waals surface area contributed by atoms with Gasteiger partial charge in [-0.1, -0.05) is 12.5 Å². The second-order valence-electron chi connectivity index (χ2n) is 5.67. The molecule has 1 aliphatic rings. The quantitative estimate of drug-likeness (QED) is 0.850. The van der Waals surface area contributed by atoms with E-state index in [2.05, 4.69) is 27.8 Å². The molecule has 2 rings (SSSR count). The first kappa shape index (κ1) is 16.4. The first-order chi connectivity index (χ1) is 9.99. The fourth-order valence-electron chi connectivity index (χ4n) is 3.10. The Kier molecular flexibility index (Phi) is 5.76. The molecule has 1 aromatic rings. The van der Waals surface area contributed by atoms with Crippen LogP contribution < -0.4 is 0 Å². The molecule has 1 fully saturated rings. The summed E-state index contributed by atoms with van der Waals surface area (Å²) in [5, 5.41) is 8.89. The van der Waals surface area contributed by atoms with Gasteiger partial charge in [-0.3, -0.25) is 9.69 Å². The second kappa shape index (κ2) is 7.36. The summed E-state index contributed by atoms with van der Waals surface area (Å²) >= 11 is 3.23. The summed E-state index contributed by atoms with van der Waals surface area (Å²) in [4.78, 5) is 13.2. The fourth-order valence-corrected chi connectivity index (χ4v) is 3.49. The van der Waals surface area contributed by atoms with Gasteiger partial charge in [-0.15, -0.1) is 0 Å². The van der Waals surface area contributed by atoms with Crippen LogP contribution in [0.1, 0.15) is 50.6 Å². The summed E-state index contributed by atoms with van der Waals surface area (Å²) in [6.07, 6.45) is 4.22. The molecule has 5 heteroatoms. The van der Waals surface area contributed by atoms with Crippen molar-refractivity contribution in [2.45, 2.75) is 51.1 Å². The molecule has 1 saturated heterocycles. The Hall–Kier alpha value is -0.940. The van der Waals surface area contributed by atoms with E-state index in [1.165, 1.54) is 6.07 Å². The number of hydrogen-bond donors (Lipinski definition) is 1. The van der Waals surface area contributed by atoms with Gasteiger partial charge in [0.2, 0.25) is 0 Å². The van der Waals surface area contributed by atoms with Gasteiger partial charge in [0.05, 0.1) is 4.47 Å². The zero-order chi connectivity index (χ0) is 15.4. The Labute approximate surface area is 133 Å². The van der Waals surface area contributed by atoms with E-state index in [4.69, 9.17) is 5.11 Å². The summed E-state index contributed by atoms with van der Waals surface area (Å²) in [5.41, 5.74) is 1.06. The molecule has 1 N–H and O–H groups in total. The number of rotatable bonds is 5. The predicted octanol–water partition coefficient (Wildman–Crippen LogP) is 4.37. The molecule has 3 nitrogen and oxygen atoms in total. The van der Waals surface area contributed by atoms with Crippen LogP contribution in [0.3, 0.4) is 0 Å². The molecule has 116 valence electrons. The van der Waals surface area contributed by atoms with E-state index in [1.54, 1.807) is 0 Å². The SMILES string of the molecule is CC(c1ccc(F)c(Br)c1)N1CCCCC1CCC(=O)O. The maximum atomic E-state index is 13.4. The number of piperidine rings is 1. The van der Waals surface area contributed by atoms with E-state index in [1.807, 2.05) is 12.1 Å². The largest absolute Gasteiger partial charge is 0.481 e. The summed E-state index contributed by atoms with van der Waals surface area (Å²) in [5.74, 6) is -0.996. The second-order valence-corrected chi connectivity index (χ2v) is 6.52. The lowest BCUT2D eigenvalue weighted by molar-refractivity contribution is -0.137. The molecule has 0 aliphatic carbocycles. The highest BCUT2D eigenvalue weighted by Gasteiger charge is 2.27. The Morgan fingerprint density at radius 1 is 1.52 bits per heavy atom. The average Bonchev–Trinajstić information content (AvgIpc) is 2.47. The third-order valence-corrected chi connectivity index (χ3v) is 4.90. The van der Waals surface area contributed by atoms with Gasteiger partial charge in [0.1, 0.15) is 5.82 Å². The number of hydrogen-bond acceptors (Lipinski definition) is 2. The number of aliphatic carboxylic acids is 1. The van der Waals surface area contributed by atoms with Crippen molar-refractivity contribution in [2.24, 2.45) is 0 Å². The fraction of sp³-hybridized carbons (Fsp3) is 0.562. The molecule has 2 unspecified atom stereocenters. The summed E-state index contributed by atoms with van der Waals surface area (Å²) in [7, 11) is 0. The monoisotopic (exact) mass is 357 g/mol. The van der Waals surface area contributed by atoms with Gasteiger partial charge in [0.15, 0.2) is 0 Å². The highest BCUT2D eigenvalue weighted by molar-refractivity contribution is 9.10. The van der Waals surface area contributed by atoms with E-state index >= 15 is 0 Å². The van der Waals surface area contributed by atoms with Crippen molar-refractivity contribution >= 4 is 21.9 Å². The van der Waals surface area contributed by atoms with Gasteiger partial charge in [0, 0.05) is 18.5 Å². The van der Waals surface area contributed by atoms with Crippen LogP contribution in [0, 0.1) is 5.82 Å². The Morgan fingerprint density at radius 3 is 2.95 bits per heavy atom. The number of carbonyl (C=O) groups is 1. The third kappa shape index (κ3) is 4.27. The van der Waals surface area contributed by atoms with Crippen molar-refractivity contribution in [3.05, 3.63) is 34.1 Å². The molecule has 0 radical (unpaired) electrons. The topological polar surface area (TPSA) is 40.5 Å². The maximum absolute atomic E-state index is 13.4. The van der Waals surface area contributed by atoms with E-state index in [0.717, 1.165) is 31.4 Å². The number of likely N-dealkylation sites (tertiary alicyclic amines) is 1. The minimum Gasteiger partial charge on any atom is -0.481 e. The van der Waals surface area contributed by atoms with Crippen LogP contribution in [0.5, 0.6) is 0 Å². The molecule has 0 bridgehead atoms. The van der Waals surface area contributed by atoms with Crippen molar-refractivity contribution in [1.29, 1.82) is 0 Å². The van der Waals surface area contributed by atoms with Crippen molar-refractivity contribution in [1.82, 2.24) is 4.90 Å². The number of carboxylic acid groups (broad SMARTS) is 1. The van der Waals surface area contributed by atoms with E-state index in [9.17, 15) is 9.18 Å². The van der Waals surface area contributed by atoms with Crippen molar-refractivity contribution in [3.63, 3.8) is 0 Å². The average molecular weight is 358 g/mol. The molecule has 1 heterocycles. The van der Waals surface area contributed by atoms with Crippen LogP contribution in [0.4, 0.5) is 4.39 Å². The molecular weight excluding hydrogens is 337 g/mol. The van der Waals surface area contributed by atoms with Gasteiger partial charge < -0.3 is 5.11 Å². The molecule has 21 heavy (non-hydrogen) atoms. The Balaban J connectivity index is 2.11. The number of carboxylic acids is 1. The highest BCUT2D eigenvalue weighted by Crippen LogP contribution is 2.32. The van der Waals surface area contributed by atoms with Crippen molar-refractivity contribution in [2.75, 3.05) is 6.54 Å². The number of nitrogens with zero attached hydrogens (tertiary/aromatic N) is 1. The standard InChI is InChI=1S/C16H21BrFNO2/c1-11(12-5-7-15(18)14(17)10-12)19-9-3-2-4-13(19)6-8-16(20)21/h5,7,10-11,13H,2-4,6,8-9H2,1H3,(H,20,21). The van der Waals surface area contributed by atoms with Gasteiger partial charge in [0.25, 0.3) is 0 Å². The molecule has 2 atom stereocenters. The zero-order valence-electron chi connectivity index (χ0n) is 12.2. The van der Waals surface area contributed by atoms with Crippen LogP contribution in [0.15, 0.2) is 22.7 Å². The Bertz CT molecular complexity index is 509. The number of benzene rings is 1. The molecule has 0 amide bonds. The maximum Gasteiger partial charge on any atom is 0.303 e. The lowest BCUT2D eigenvalue weighted by Gasteiger charge is -2.40. The zero-order valence-corrected chi connectivity index (χ0v) is 13.8. The van der Waals surface area contributed by atoms with Crippen LogP contribution >= 0.6 is 15.9 Å². The van der Waals surface area contributed by atoms with Gasteiger partial charge in [-0.05, 0) is 66.4 Å². The summed E-state index contributed by atoms with van der Waals surface area (Å²) in [6, 6.07) is 5.58. The molecule has 0 saturated carbocycles. The lowest BCUT2D eigenvalue weighted by atomic mass is 9.94. The van der Waals surface area contributed by atoms with E-state index in [0.29, 0.717) is 16.9 Å². The van der Waals surface area contributed by atoms with E-state index in [-0.39, 0.29) is 18.3 Å². The lowest BCUT2D eigenvalue weighted by Crippen LogP contribution is -2.41. The first-order valence-electron chi connectivity index (χ1n) is 7.41. The highest BCUT2D eigenvalue weighted by atomic mass is 79.9. The first-order valence-corrected chi connectivity index (χ1v) is 8.21. The van der Waals surface area contributed by atoms with Gasteiger partial charge in [-0.25, -0.2) is 4.39 Å². The van der Waals surface area contributed by atoms with Gasteiger partial charge in [-0.2, -0.15) is 0 Å². The van der Waals surface area contributed by atoms with Crippen molar-refractivity contribution in [3.8, 4) is 0 Å².